The SMILES string of the molecule is Cc1cnc2[nH]c3c(C)c(C(=O)NC4CCN(C)CC4)cc(-c4cccc(NC(=O)C5CC5)c4)c3c2c1. The zero-order valence-corrected chi connectivity index (χ0v) is 21.6. The Kier molecular flexibility index (Phi) is 5.95. The topological polar surface area (TPSA) is 90.1 Å². The van der Waals surface area contributed by atoms with Gasteiger partial charge >= 0.3 is 0 Å². The number of piperidine rings is 1. The molecule has 2 amide bonds. The van der Waals surface area contributed by atoms with E-state index >= 15 is 0 Å². The van der Waals surface area contributed by atoms with Crippen LogP contribution in [0.1, 0.15) is 47.2 Å². The van der Waals surface area contributed by atoms with Crippen LogP contribution in [0.15, 0.2) is 42.6 Å². The lowest BCUT2D eigenvalue weighted by molar-refractivity contribution is -0.117. The summed E-state index contributed by atoms with van der Waals surface area (Å²) < 4.78 is 0. The number of anilines is 1. The van der Waals surface area contributed by atoms with E-state index in [2.05, 4.69) is 38.6 Å². The summed E-state index contributed by atoms with van der Waals surface area (Å²) in [5, 5.41) is 8.43. The van der Waals surface area contributed by atoms with Gasteiger partial charge in [-0.15, -0.1) is 0 Å². The number of aromatic nitrogens is 2. The first-order chi connectivity index (χ1) is 17.9. The summed E-state index contributed by atoms with van der Waals surface area (Å²) in [5.74, 6) is 0.166. The van der Waals surface area contributed by atoms with E-state index in [1.165, 1.54) is 0 Å². The Morgan fingerprint density at radius 3 is 2.59 bits per heavy atom. The maximum atomic E-state index is 13.6. The van der Waals surface area contributed by atoms with Crippen LogP contribution in [0.2, 0.25) is 0 Å². The smallest absolute Gasteiger partial charge is 0.251 e. The Bertz CT molecular complexity index is 1530. The summed E-state index contributed by atoms with van der Waals surface area (Å²) >= 11 is 0. The highest BCUT2D eigenvalue weighted by molar-refractivity contribution is 6.17. The lowest BCUT2D eigenvalue weighted by atomic mass is 9.93. The highest BCUT2D eigenvalue weighted by Crippen LogP contribution is 2.39. The lowest BCUT2D eigenvalue weighted by Gasteiger charge is -2.29. The summed E-state index contributed by atoms with van der Waals surface area (Å²) in [7, 11) is 2.12. The van der Waals surface area contributed by atoms with Gasteiger partial charge in [0.05, 0.1) is 5.52 Å². The Hall–Kier alpha value is -3.71. The number of pyridine rings is 1. The van der Waals surface area contributed by atoms with Crippen LogP contribution in [-0.4, -0.2) is 52.9 Å². The first-order valence-corrected chi connectivity index (χ1v) is 13.2. The fraction of sp³-hybridized carbons (Fsp3) is 0.367. The highest BCUT2D eigenvalue weighted by atomic mass is 16.2. The van der Waals surface area contributed by atoms with Crippen molar-refractivity contribution in [1.29, 1.82) is 0 Å². The van der Waals surface area contributed by atoms with Gasteiger partial charge in [0.1, 0.15) is 5.65 Å². The number of hydrogen-bond acceptors (Lipinski definition) is 4. The number of aryl methyl sites for hydroxylation is 2. The van der Waals surface area contributed by atoms with Crippen molar-refractivity contribution >= 4 is 39.4 Å². The molecule has 0 bridgehead atoms. The molecular formula is C30H33N5O2. The monoisotopic (exact) mass is 495 g/mol. The predicted molar refractivity (Wildman–Crippen MR) is 148 cm³/mol. The van der Waals surface area contributed by atoms with Crippen molar-refractivity contribution in [3.05, 3.63) is 59.3 Å². The largest absolute Gasteiger partial charge is 0.349 e. The van der Waals surface area contributed by atoms with Crippen LogP contribution in [0.3, 0.4) is 0 Å². The van der Waals surface area contributed by atoms with Crippen LogP contribution in [0.4, 0.5) is 5.69 Å². The van der Waals surface area contributed by atoms with Crippen molar-refractivity contribution in [3.8, 4) is 11.1 Å². The van der Waals surface area contributed by atoms with Gasteiger partial charge in [-0.2, -0.15) is 0 Å². The summed E-state index contributed by atoms with van der Waals surface area (Å²) in [6.45, 7) is 6.01. The second kappa shape index (κ2) is 9.30. The molecule has 3 heterocycles. The number of H-pyrrole nitrogens is 1. The number of carbonyl (C=O) groups excluding carboxylic acids is 2. The Balaban J connectivity index is 1.47. The zero-order valence-electron chi connectivity index (χ0n) is 21.6. The van der Waals surface area contributed by atoms with E-state index in [-0.39, 0.29) is 23.8 Å². The van der Waals surface area contributed by atoms with E-state index < -0.39 is 0 Å². The highest BCUT2D eigenvalue weighted by Gasteiger charge is 2.29. The van der Waals surface area contributed by atoms with Gasteiger partial charge in [0, 0.05) is 40.2 Å². The van der Waals surface area contributed by atoms with Crippen LogP contribution in [0.25, 0.3) is 33.1 Å². The van der Waals surface area contributed by atoms with Crippen LogP contribution >= 0.6 is 0 Å². The minimum Gasteiger partial charge on any atom is -0.349 e. The molecule has 6 rings (SSSR count). The number of hydrogen-bond donors (Lipinski definition) is 3. The molecule has 1 saturated carbocycles. The average molecular weight is 496 g/mol. The third-order valence-corrected chi connectivity index (χ3v) is 7.81. The summed E-state index contributed by atoms with van der Waals surface area (Å²) in [4.78, 5) is 36.4. The Morgan fingerprint density at radius 1 is 1.05 bits per heavy atom. The van der Waals surface area contributed by atoms with Crippen molar-refractivity contribution in [3.63, 3.8) is 0 Å². The molecule has 1 aliphatic carbocycles. The van der Waals surface area contributed by atoms with Crippen molar-refractivity contribution in [1.82, 2.24) is 20.2 Å². The zero-order chi connectivity index (χ0) is 25.7. The summed E-state index contributed by atoms with van der Waals surface area (Å²) in [5.41, 5.74) is 7.06. The quantitative estimate of drug-likeness (QED) is 0.356. The number of nitrogens with one attached hydrogen (secondary N) is 3. The van der Waals surface area contributed by atoms with Gasteiger partial charge in [0.25, 0.3) is 5.91 Å². The number of aromatic amines is 1. The minimum atomic E-state index is -0.0452. The molecule has 190 valence electrons. The van der Waals surface area contributed by atoms with E-state index in [0.29, 0.717) is 5.56 Å². The van der Waals surface area contributed by atoms with Crippen molar-refractivity contribution in [2.24, 2.45) is 5.92 Å². The fourth-order valence-electron chi connectivity index (χ4n) is 5.43. The molecule has 7 nitrogen and oxygen atoms in total. The van der Waals surface area contributed by atoms with E-state index in [4.69, 9.17) is 0 Å². The molecule has 4 aromatic rings. The van der Waals surface area contributed by atoms with Gasteiger partial charge in [0.2, 0.25) is 5.91 Å². The first-order valence-electron chi connectivity index (χ1n) is 13.2. The molecule has 2 aromatic carbocycles. The maximum absolute atomic E-state index is 13.6. The van der Waals surface area contributed by atoms with Crippen LogP contribution in [0.5, 0.6) is 0 Å². The first kappa shape index (κ1) is 23.7. The number of benzene rings is 2. The molecule has 37 heavy (non-hydrogen) atoms. The maximum Gasteiger partial charge on any atom is 0.251 e. The number of fused-ring (bicyclic) bond motifs is 3. The molecule has 2 fully saturated rings. The van der Waals surface area contributed by atoms with Gasteiger partial charge in [-0.05, 0) is 106 Å². The number of nitrogens with zero attached hydrogens (tertiary/aromatic N) is 2. The molecule has 0 radical (unpaired) electrons. The molecule has 2 aromatic heterocycles. The summed E-state index contributed by atoms with van der Waals surface area (Å²) in [6.07, 6.45) is 5.68. The van der Waals surface area contributed by atoms with Gasteiger partial charge in [-0.3, -0.25) is 9.59 Å². The molecule has 2 aliphatic rings. The number of carbonyl (C=O) groups is 2. The molecular weight excluding hydrogens is 462 g/mol. The van der Waals surface area contributed by atoms with Gasteiger partial charge in [0.15, 0.2) is 0 Å². The number of rotatable bonds is 5. The van der Waals surface area contributed by atoms with E-state index in [1.54, 1.807) is 0 Å². The van der Waals surface area contributed by atoms with Crippen molar-refractivity contribution in [2.45, 2.75) is 45.6 Å². The second-order valence-electron chi connectivity index (χ2n) is 10.8. The molecule has 1 aliphatic heterocycles. The van der Waals surface area contributed by atoms with Crippen molar-refractivity contribution < 1.29 is 9.59 Å². The predicted octanol–water partition coefficient (Wildman–Crippen LogP) is 5.17. The molecule has 0 spiro atoms. The van der Waals surface area contributed by atoms with Crippen molar-refractivity contribution in [2.75, 3.05) is 25.5 Å². The van der Waals surface area contributed by atoms with Gasteiger partial charge in [-0.1, -0.05) is 12.1 Å². The normalized spacial score (nSPS) is 16.8. The molecule has 1 saturated heterocycles. The standard InChI is InChI=1S/C30H33N5O2/c1-17-13-25-26-24(20-5-4-6-22(14-20)33-29(36)19-7-8-19)15-23(18(2)27(26)34-28(25)31-16-17)30(37)32-21-9-11-35(3)12-10-21/h4-6,13-16,19,21H,7-12H2,1-3H3,(H,31,34)(H,32,37)(H,33,36). The van der Waals surface area contributed by atoms with E-state index in [9.17, 15) is 9.59 Å². The number of amides is 2. The number of likely N-dealkylation sites (tertiary alicyclic amines) is 1. The van der Waals surface area contributed by atoms with Gasteiger partial charge in [-0.25, -0.2) is 4.98 Å². The lowest BCUT2D eigenvalue weighted by Crippen LogP contribution is -2.43. The van der Waals surface area contributed by atoms with E-state index in [1.807, 2.05) is 50.4 Å². The Morgan fingerprint density at radius 2 is 1.84 bits per heavy atom. The third kappa shape index (κ3) is 4.60. The van der Waals surface area contributed by atoms with Crippen LogP contribution < -0.4 is 10.6 Å². The summed E-state index contributed by atoms with van der Waals surface area (Å²) in [6, 6.07) is 12.3. The molecule has 7 heteroatoms. The van der Waals surface area contributed by atoms with E-state index in [0.717, 1.165) is 88.7 Å². The Labute approximate surface area is 216 Å². The second-order valence-corrected chi connectivity index (χ2v) is 10.8. The van der Waals surface area contributed by atoms with Crippen LogP contribution in [-0.2, 0) is 4.79 Å². The molecule has 0 unspecified atom stereocenters. The minimum absolute atomic E-state index is 0.0452. The molecule has 0 atom stereocenters. The van der Waals surface area contributed by atoms with Gasteiger partial charge < -0.3 is 20.5 Å². The fourth-order valence-corrected chi connectivity index (χ4v) is 5.43. The average Bonchev–Trinajstić information content (AvgIpc) is 3.67. The molecule has 3 N–H and O–H groups in total. The van der Waals surface area contributed by atoms with Crippen LogP contribution in [0, 0.1) is 19.8 Å². The third-order valence-electron chi connectivity index (χ3n) is 7.81.